The monoisotopic (exact) mass is 219 g/mol. The molecule has 1 rings (SSSR count). The molecular formula is C10H12F3NO. The topological polar surface area (TPSA) is 22.1 Å². The standard InChI is InChI=1S/C10H12F3NO/c1-6(2)7-4-8(10(11,12)13)14-9(5-7)15-3/h4-6H,1-3H3. The van der Waals surface area contributed by atoms with Crippen molar-refractivity contribution in [2.45, 2.75) is 25.9 Å². The van der Waals surface area contributed by atoms with Gasteiger partial charge in [0.1, 0.15) is 5.69 Å². The highest BCUT2D eigenvalue weighted by atomic mass is 19.4. The van der Waals surface area contributed by atoms with E-state index in [0.717, 1.165) is 6.07 Å². The lowest BCUT2D eigenvalue weighted by Crippen LogP contribution is -2.10. The van der Waals surface area contributed by atoms with Gasteiger partial charge in [0.25, 0.3) is 0 Å². The molecule has 0 aromatic carbocycles. The highest BCUT2D eigenvalue weighted by Crippen LogP contribution is 2.31. The Bertz CT molecular complexity index is 347. The molecule has 0 aliphatic carbocycles. The molecule has 0 aliphatic rings. The van der Waals surface area contributed by atoms with Crippen LogP contribution in [0.2, 0.25) is 0 Å². The maximum absolute atomic E-state index is 12.4. The van der Waals surface area contributed by atoms with Crippen LogP contribution >= 0.6 is 0 Å². The minimum absolute atomic E-state index is 0.00278. The van der Waals surface area contributed by atoms with E-state index in [-0.39, 0.29) is 11.8 Å². The van der Waals surface area contributed by atoms with Gasteiger partial charge in [-0.1, -0.05) is 13.8 Å². The smallest absolute Gasteiger partial charge is 0.433 e. The Balaban J connectivity index is 3.23. The average molecular weight is 219 g/mol. The molecule has 1 aromatic heterocycles. The highest BCUT2D eigenvalue weighted by molar-refractivity contribution is 5.28. The van der Waals surface area contributed by atoms with Gasteiger partial charge >= 0.3 is 6.18 Å². The lowest BCUT2D eigenvalue weighted by atomic mass is 10.0. The molecule has 0 unspecified atom stereocenters. The first kappa shape index (κ1) is 11.8. The third-order valence-electron chi connectivity index (χ3n) is 1.99. The van der Waals surface area contributed by atoms with E-state index in [0.29, 0.717) is 5.56 Å². The summed E-state index contributed by atoms with van der Waals surface area (Å²) >= 11 is 0. The van der Waals surface area contributed by atoms with Gasteiger partial charge in [-0.3, -0.25) is 0 Å². The molecule has 0 saturated heterocycles. The molecule has 1 aromatic rings. The fourth-order valence-electron chi connectivity index (χ4n) is 1.11. The summed E-state index contributed by atoms with van der Waals surface area (Å²) in [6, 6.07) is 2.56. The van der Waals surface area contributed by atoms with Crippen LogP contribution in [0.25, 0.3) is 0 Å². The van der Waals surface area contributed by atoms with Crippen molar-refractivity contribution in [3.63, 3.8) is 0 Å². The van der Waals surface area contributed by atoms with Gasteiger partial charge in [-0.25, -0.2) is 4.98 Å². The van der Waals surface area contributed by atoms with E-state index in [1.165, 1.54) is 13.2 Å². The molecule has 2 nitrogen and oxygen atoms in total. The van der Waals surface area contributed by atoms with Crippen molar-refractivity contribution in [1.82, 2.24) is 4.98 Å². The molecule has 0 aliphatic heterocycles. The van der Waals surface area contributed by atoms with Gasteiger partial charge in [0, 0.05) is 6.07 Å². The van der Waals surface area contributed by atoms with Crippen molar-refractivity contribution in [2.75, 3.05) is 7.11 Å². The zero-order chi connectivity index (χ0) is 11.6. The maximum Gasteiger partial charge on any atom is 0.433 e. The fourth-order valence-corrected chi connectivity index (χ4v) is 1.11. The van der Waals surface area contributed by atoms with E-state index < -0.39 is 11.9 Å². The molecule has 84 valence electrons. The molecule has 0 bridgehead atoms. The van der Waals surface area contributed by atoms with E-state index >= 15 is 0 Å². The summed E-state index contributed by atoms with van der Waals surface area (Å²) < 4.78 is 42.0. The first-order valence-electron chi connectivity index (χ1n) is 4.47. The number of nitrogens with zero attached hydrogens (tertiary/aromatic N) is 1. The largest absolute Gasteiger partial charge is 0.481 e. The van der Waals surface area contributed by atoms with Crippen LogP contribution in [-0.4, -0.2) is 12.1 Å². The van der Waals surface area contributed by atoms with Crippen LogP contribution in [0, 0.1) is 0 Å². The number of hydrogen-bond donors (Lipinski definition) is 0. The molecule has 15 heavy (non-hydrogen) atoms. The van der Waals surface area contributed by atoms with Crippen molar-refractivity contribution in [3.8, 4) is 5.88 Å². The summed E-state index contributed by atoms with van der Waals surface area (Å²) in [7, 11) is 1.30. The van der Waals surface area contributed by atoms with Crippen LogP contribution in [0.15, 0.2) is 12.1 Å². The summed E-state index contributed by atoms with van der Waals surface area (Å²) in [4.78, 5) is 3.36. The molecular weight excluding hydrogens is 207 g/mol. The Kier molecular flexibility index (Phi) is 3.21. The Hall–Kier alpha value is -1.26. The Morgan fingerprint density at radius 1 is 1.27 bits per heavy atom. The number of ether oxygens (including phenoxy) is 1. The quantitative estimate of drug-likeness (QED) is 0.761. The van der Waals surface area contributed by atoms with Gasteiger partial charge in [-0.2, -0.15) is 13.2 Å². The van der Waals surface area contributed by atoms with E-state index in [9.17, 15) is 13.2 Å². The van der Waals surface area contributed by atoms with Crippen LogP contribution in [0.5, 0.6) is 5.88 Å². The number of halogens is 3. The lowest BCUT2D eigenvalue weighted by molar-refractivity contribution is -0.141. The van der Waals surface area contributed by atoms with Crippen LogP contribution in [0.4, 0.5) is 13.2 Å². The maximum atomic E-state index is 12.4. The van der Waals surface area contributed by atoms with E-state index in [1.807, 2.05) is 13.8 Å². The molecule has 0 saturated carbocycles. The van der Waals surface area contributed by atoms with Crippen molar-refractivity contribution in [2.24, 2.45) is 0 Å². The summed E-state index contributed by atoms with van der Waals surface area (Å²) in [5, 5.41) is 0. The second-order valence-corrected chi connectivity index (χ2v) is 3.48. The van der Waals surface area contributed by atoms with E-state index in [1.54, 1.807) is 0 Å². The van der Waals surface area contributed by atoms with Gasteiger partial charge in [-0.05, 0) is 17.5 Å². The van der Waals surface area contributed by atoms with Gasteiger partial charge in [-0.15, -0.1) is 0 Å². The summed E-state index contributed by atoms with van der Waals surface area (Å²) in [6.07, 6.45) is -4.43. The van der Waals surface area contributed by atoms with Gasteiger partial charge in [0.05, 0.1) is 7.11 Å². The predicted molar refractivity (Wildman–Crippen MR) is 49.9 cm³/mol. The second-order valence-electron chi connectivity index (χ2n) is 3.48. The second kappa shape index (κ2) is 4.08. The molecule has 0 fully saturated rings. The Morgan fingerprint density at radius 3 is 2.27 bits per heavy atom. The summed E-state index contributed by atoms with van der Waals surface area (Å²) in [5.74, 6) is -0.00322. The first-order valence-corrected chi connectivity index (χ1v) is 4.47. The minimum atomic E-state index is -4.43. The van der Waals surface area contributed by atoms with Crippen LogP contribution < -0.4 is 4.74 Å². The van der Waals surface area contributed by atoms with Crippen LogP contribution in [0.3, 0.4) is 0 Å². The van der Waals surface area contributed by atoms with E-state index in [4.69, 9.17) is 4.74 Å². The third-order valence-corrected chi connectivity index (χ3v) is 1.99. The van der Waals surface area contributed by atoms with Gasteiger partial charge in [0.15, 0.2) is 0 Å². The number of aromatic nitrogens is 1. The fraction of sp³-hybridized carbons (Fsp3) is 0.500. The van der Waals surface area contributed by atoms with Crippen molar-refractivity contribution in [3.05, 3.63) is 23.4 Å². The SMILES string of the molecule is COc1cc(C(C)C)cc(C(F)(F)F)n1. The number of rotatable bonds is 2. The normalized spacial score (nSPS) is 11.9. The first-order chi connectivity index (χ1) is 6.84. The van der Waals surface area contributed by atoms with E-state index in [2.05, 4.69) is 4.98 Å². The van der Waals surface area contributed by atoms with Gasteiger partial charge in [0.2, 0.25) is 5.88 Å². The van der Waals surface area contributed by atoms with Crippen molar-refractivity contribution < 1.29 is 17.9 Å². The zero-order valence-corrected chi connectivity index (χ0v) is 8.72. The highest BCUT2D eigenvalue weighted by Gasteiger charge is 2.33. The average Bonchev–Trinajstić information content (AvgIpc) is 2.15. The van der Waals surface area contributed by atoms with Gasteiger partial charge < -0.3 is 4.74 Å². The Labute approximate surface area is 86.1 Å². The lowest BCUT2D eigenvalue weighted by Gasteiger charge is -2.12. The van der Waals surface area contributed by atoms with Crippen LogP contribution in [-0.2, 0) is 6.18 Å². The number of alkyl halides is 3. The third kappa shape index (κ3) is 2.84. The molecule has 0 spiro atoms. The summed E-state index contributed by atoms with van der Waals surface area (Å²) in [6.45, 7) is 3.63. The predicted octanol–water partition coefficient (Wildman–Crippen LogP) is 3.23. The van der Waals surface area contributed by atoms with Crippen molar-refractivity contribution in [1.29, 1.82) is 0 Å². The molecule has 1 heterocycles. The number of pyridine rings is 1. The molecule has 0 atom stereocenters. The molecule has 0 radical (unpaired) electrons. The summed E-state index contributed by atoms with van der Waals surface area (Å²) in [5.41, 5.74) is -0.347. The number of hydrogen-bond acceptors (Lipinski definition) is 2. The zero-order valence-electron chi connectivity index (χ0n) is 8.72. The Morgan fingerprint density at radius 2 is 1.87 bits per heavy atom. The van der Waals surface area contributed by atoms with Crippen LogP contribution in [0.1, 0.15) is 31.0 Å². The number of methoxy groups -OCH3 is 1. The molecule has 0 N–H and O–H groups in total. The molecule has 0 amide bonds. The molecule has 5 heteroatoms. The van der Waals surface area contributed by atoms with Crippen molar-refractivity contribution >= 4 is 0 Å². The minimum Gasteiger partial charge on any atom is -0.481 e.